The van der Waals surface area contributed by atoms with Crippen molar-refractivity contribution in [2.45, 2.75) is 4.90 Å². The molecule has 0 saturated heterocycles. The van der Waals surface area contributed by atoms with Crippen LogP contribution in [0, 0.1) is 0 Å². The molecule has 0 radical (unpaired) electrons. The molecule has 1 aromatic rings. The molecular formula is C12H12INO4S. The van der Waals surface area contributed by atoms with Crippen LogP contribution in [0.5, 0.6) is 5.75 Å². The molecule has 1 amide bonds. The first-order valence-electron chi connectivity index (χ1n) is 5.29. The summed E-state index contributed by atoms with van der Waals surface area (Å²) in [5.74, 6) is -0.0724. The second-order valence-corrected chi connectivity index (χ2v) is 5.18. The summed E-state index contributed by atoms with van der Waals surface area (Å²) in [7, 11) is 1.58. The molecule has 0 spiro atoms. The summed E-state index contributed by atoms with van der Waals surface area (Å²) in [6.07, 6.45) is 0.467. The first-order valence-corrected chi connectivity index (χ1v) is 8.65. The molecule has 0 bridgehead atoms. The summed E-state index contributed by atoms with van der Waals surface area (Å²) >= 11 is 2.17. The Hall–Kier alpha value is -1.22. The quantitative estimate of drug-likeness (QED) is 0.349. The number of benzene rings is 1. The molecule has 0 aliphatic heterocycles. The van der Waals surface area contributed by atoms with Crippen LogP contribution >= 0.6 is 30.1 Å². The van der Waals surface area contributed by atoms with Gasteiger partial charge in [0.05, 0.1) is 6.54 Å². The van der Waals surface area contributed by atoms with Gasteiger partial charge in [-0.25, -0.2) is 9.59 Å². The minimum absolute atomic E-state index is 0.0738. The average molecular weight is 393 g/mol. The molecule has 0 unspecified atom stereocenters. The van der Waals surface area contributed by atoms with Gasteiger partial charge in [0, 0.05) is 32.2 Å². The monoisotopic (exact) mass is 393 g/mol. The van der Waals surface area contributed by atoms with E-state index in [4.69, 9.17) is 9.47 Å². The van der Waals surface area contributed by atoms with Crippen LogP contribution in [-0.4, -0.2) is 25.2 Å². The lowest BCUT2D eigenvalue weighted by Gasteiger charge is -2.07. The van der Waals surface area contributed by atoms with Crippen LogP contribution in [0.15, 0.2) is 41.8 Å². The lowest BCUT2D eigenvalue weighted by atomic mass is 10.3. The van der Waals surface area contributed by atoms with Crippen molar-refractivity contribution in [3.05, 3.63) is 36.9 Å². The van der Waals surface area contributed by atoms with E-state index < -0.39 is 12.1 Å². The number of halogens is 1. The molecule has 0 heterocycles. The van der Waals surface area contributed by atoms with Crippen LogP contribution in [-0.2, 0) is 9.53 Å². The largest absolute Gasteiger partial charge is 0.461 e. The van der Waals surface area contributed by atoms with E-state index in [-0.39, 0.29) is 13.2 Å². The third kappa shape index (κ3) is 6.48. The number of carbonyl (C=O) groups is 2. The van der Waals surface area contributed by atoms with Gasteiger partial charge in [0.2, 0.25) is 0 Å². The molecule has 5 nitrogen and oxygen atoms in total. The molecule has 1 N–H and O–H groups in total. The Bertz CT molecular complexity index is 450. The number of carbonyl (C=O) groups excluding carboxylic acids is 2. The zero-order chi connectivity index (χ0) is 14.1. The Kier molecular flexibility index (Phi) is 7.34. The predicted molar refractivity (Wildman–Crippen MR) is 81.5 cm³/mol. The van der Waals surface area contributed by atoms with Crippen LogP contribution in [0.2, 0.25) is 0 Å². The summed E-state index contributed by atoms with van der Waals surface area (Å²) in [6.45, 7) is 3.51. The van der Waals surface area contributed by atoms with Crippen molar-refractivity contribution >= 4 is 42.2 Å². The summed E-state index contributed by atoms with van der Waals surface area (Å²) in [5.41, 5.74) is 0. The van der Waals surface area contributed by atoms with Gasteiger partial charge in [-0.2, -0.15) is 0 Å². The van der Waals surface area contributed by atoms with Gasteiger partial charge >= 0.3 is 12.1 Å². The van der Waals surface area contributed by atoms with Gasteiger partial charge in [-0.3, -0.25) is 0 Å². The summed E-state index contributed by atoms with van der Waals surface area (Å²) < 4.78 is 9.72. The molecule has 0 saturated carbocycles. The van der Waals surface area contributed by atoms with Gasteiger partial charge in [-0.05, 0) is 24.3 Å². The van der Waals surface area contributed by atoms with Gasteiger partial charge in [0.1, 0.15) is 12.4 Å². The SMILES string of the molecule is C=CC(=O)OCCNC(=O)Oc1ccc(SI)cc1. The highest BCUT2D eigenvalue weighted by Gasteiger charge is 2.04. The Labute approximate surface area is 127 Å². The Morgan fingerprint density at radius 2 is 2.05 bits per heavy atom. The van der Waals surface area contributed by atoms with Crippen molar-refractivity contribution in [3.63, 3.8) is 0 Å². The zero-order valence-corrected chi connectivity index (χ0v) is 12.9. The lowest BCUT2D eigenvalue weighted by molar-refractivity contribution is -0.137. The maximum Gasteiger partial charge on any atom is 0.412 e. The van der Waals surface area contributed by atoms with Crippen LogP contribution < -0.4 is 10.1 Å². The van der Waals surface area contributed by atoms with Crippen molar-refractivity contribution in [2.24, 2.45) is 0 Å². The molecule has 1 rings (SSSR count). The third-order valence-electron chi connectivity index (χ3n) is 1.91. The van der Waals surface area contributed by atoms with Crippen molar-refractivity contribution in [1.82, 2.24) is 5.32 Å². The fraction of sp³-hybridized carbons (Fsp3) is 0.167. The van der Waals surface area contributed by atoms with E-state index in [0.717, 1.165) is 11.0 Å². The average Bonchev–Trinajstić information content (AvgIpc) is 2.44. The molecule has 0 fully saturated rings. The minimum atomic E-state index is -0.593. The van der Waals surface area contributed by atoms with E-state index in [1.165, 1.54) is 0 Å². The molecule has 1 aromatic carbocycles. The number of rotatable bonds is 6. The van der Waals surface area contributed by atoms with Crippen molar-refractivity contribution < 1.29 is 19.1 Å². The number of amides is 1. The number of esters is 1. The van der Waals surface area contributed by atoms with Gasteiger partial charge < -0.3 is 14.8 Å². The van der Waals surface area contributed by atoms with Gasteiger partial charge in [-0.15, -0.1) is 0 Å². The fourth-order valence-electron chi connectivity index (χ4n) is 1.07. The van der Waals surface area contributed by atoms with E-state index >= 15 is 0 Å². The van der Waals surface area contributed by atoms with Crippen LogP contribution in [0.1, 0.15) is 0 Å². The maximum atomic E-state index is 11.4. The topological polar surface area (TPSA) is 64.6 Å². The molecule has 19 heavy (non-hydrogen) atoms. The second kappa shape index (κ2) is 8.81. The molecule has 102 valence electrons. The highest BCUT2D eigenvalue weighted by molar-refractivity contribution is 14.2. The van der Waals surface area contributed by atoms with Gasteiger partial charge in [0.25, 0.3) is 0 Å². The number of hydrogen-bond acceptors (Lipinski definition) is 5. The predicted octanol–water partition coefficient (Wildman–Crippen LogP) is 2.95. The number of hydrogen-bond donors (Lipinski definition) is 1. The Morgan fingerprint density at radius 1 is 1.37 bits per heavy atom. The summed E-state index contributed by atoms with van der Waals surface area (Å²) in [6, 6.07) is 7.12. The van der Waals surface area contributed by atoms with Crippen molar-refractivity contribution in [2.75, 3.05) is 13.2 Å². The van der Waals surface area contributed by atoms with E-state index in [0.29, 0.717) is 5.75 Å². The highest BCUT2D eigenvalue weighted by Crippen LogP contribution is 2.26. The number of ether oxygens (including phenoxy) is 2. The fourth-order valence-corrected chi connectivity index (χ4v) is 2.19. The van der Waals surface area contributed by atoms with E-state index in [9.17, 15) is 9.59 Å². The molecule has 0 aliphatic rings. The second-order valence-electron chi connectivity index (χ2n) is 3.24. The van der Waals surface area contributed by atoms with Crippen molar-refractivity contribution in [1.29, 1.82) is 0 Å². The van der Waals surface area contributed by atoms with E-state index in [1.807, 2.05) is 12.1 Å². The standard InChI is InChI=1S/C12H12INO4S/c1-2-11(15)17-8-7-14-12(16)18-9-3-5-10(19-13)6-4-9/h2-6H,1,7-8H2,(H,14,16). The maximum absolute atomic E-state index is 11.4. The molecular weight excluding hydrogens is 381 g/mol. The first kappa shape index (κ1) is 15.8. The summed E-state index contributed by atoms with van der Waals surface area (Å²) in [4.78, 5) is 23.2. The third-order valence-corrected chi connectivity index (χ3v) is 3.88. The van der Waals surface area contributed by atoms with Gasteiger partial charge in [-0.1, -0.05) is 15.5 Å². The van der Waals surface area contributed by atoms with Gasteiger partial charge in [0.15, 0.2) is 0 Å². The molecule has 7 heteroatoms. The molecule has 0 aliphatic carbocycles. The highest BCUT2D eigenvalue weighted by atomic mass is 127. The molecule has 0 atom stereocenters. The smallest absolute Gasteiger partial charge is 0.412 e. The van der Waals surface area contributed by atoms with Crippen LogP contribution in [0.3, 0.4) is 0 Å². The first-order chi connectivity index (χ1) is 9.15. The van der Waals surface area contributed by atoms with Crippen LogP contribution in [0.25, 0.3) is 0 Å². The lowest BCUT2D eigenvalue weighted by Crippen LogP contribution is -2.30. The zero-order valence-electron chi connectivity index (χ0n) is 9.93. The summed E-state index contributed by atoms with van der Waals surface area (Å²) in [5, 5.41) is 2.46. The molecule has 0 aromatic heterocycles. The number of nitrogens with one attached hydrogen (secondary N) is 1. The van der Waals surface area contributed by atoms with Crippen LogP contribution in [0.4, 0.5) is 4.79 Å². The Morgan fingerprint density at radius 3 is 2.63 bits per heavy atom. The minimum Gasteiger partial charge on any atom is -0.461 e. The normalized spacial score (nSPS) is 9.53. The van der Waals surface area contributed by atoms with E-state index in [1.54, 1.807) is 21.1 Å². The Balaban J connectivity index is 2.26. The van der Waals surface area contributed by atoms with E-state index in [2.05, 4.69) is 33.1 Å². The van der Waals surface area contributed by atoms with Crippen molar-refractivity contribution in [3.8, 4) is 5.75 Å².